The number of para-hydroxylation sites is 1. The number of fused-ring (bicyclic) bond motifs is 2. The minimum atomic E-state index is -1.30. The number of rotatable bonds is 4. The zero-order valence-corrected chi connectivity index (χ0v) is 21.5. The van der Waals surface area contributed by atoms with Crippen LogP contribution in [0.1, 0.15) is 25.0 Å². The summed E-state index contributed by atoms with van der Waals surface area (Å²) in [6, 6.07) is 4.31. The van der Waals surface area contributed by atoms with Crippen molar-refractivity contribution in [3.8, 4) is 0 Å². The van der Waals surface area contributed by atoms with Gasteiger partial charge >= 0.3 is 0 Å². The molecule has 36 heavy (non-hydrogen) atoms. The van der Waals surface area contributed by atoms with E-state index in [1.165, 1.54) is 4.90 Å². The number of carbonyl (C=O) groups is 3. The summed E-state index contributed by atoms with van der Waals surface area (Å²) in [5.41, 5.74) is 1.43. The van der Waals surface area contributed by atoms with Gasteiger partial charge in [0.25, 0.3) is 5.91 Å². The highest BCUT2D eigenvalue weighted by Crippen LogP contribution is 2.54. The van der Waals surface area contributed by atoms with Gasteiger partial charge in [0.1, 0.15) is 11.6 Å². The number of likely N-dealkylation sites (N-methyl/N-ethyl adjacent to an activating group) is 1. The van der Waals surface area contributed by atoms with Crippen molar-refractivity contribution in [1.29, 1.82) is 0 Å². The van der Waals surface area contributed by atoms with Crippen LogP contribution in [-0.4, -0.2) is 83.2 Å². The third-order valence-corrected chi connectivity index (χ3v) is 8.32. The van der Waals surface area contributed by atoms with Crippen LogP contribution < -0.4 is 4.90 Å². The predicted octanol–water partition coefficient (Wildman–Crippen LogP) is 1.83. The number of hydrogen-bond acceptors (Lipinski definition) is 5. The molecule has 1 aromatic rings. The van der Waals surface area contributed by atoms with Gasteiger partial charge in [-0.3, -0.25) is 14.4 Å². The Balaban J connectivity index is 1.69. The van der Waals surface area contributed by atoms with E-state index in [1.807, 2.05) is 70.2 Å². The smallest absolute Gasteiger partial charge is 0.253 e. The number of aliphatic hydroxyl groups is 1. The van der Waals surface area contributed by atoms with Gasteiger partial charge in [0.2, 0.25) is 11.8 Å². The second-order valence-electron chi connectivity index (χ2n) is 10.8. The zero-order chi connectivity index (χ0) is 25.9. The Labute approximate surface area is 212 Å². The number of anilines is 1. The van der Waals surface area contributed by atoms with Crippen LogP contribution in [0.5, 0.6) is 0 Å². The first-order valence-electron chi connectivity index (χ1n) is 12.7. The number of likely N-dealkylation sites (tertiary alicyclic amines) is 1. The summed E-state index contributed by atoms with van der Waals surface area (Å²) >= 11 is 0. The van der Waals surface area contributed by atoms with Crippen molar-refractivity contribution >= 4 is 23.4 Å². The van der Waals surface area contributed by atoms with E-state index in [1.54, 1.807) is 16.8 Å². The SMILES string of the molecule is Cc1cccc(C)c1N1CC=C[C@]23O[C@@H]4C=CCN(C)C(=O)[C@@H]4[C@H]2C(=O)N([C@@H](CO)C(C)C)C3C1=O. The summed E-state index contributed by atoms with van der Waals surface area (Å²) in [4.78, 5) is 47.1. The third-order valence-electron chi connectivity index (χ3n) is 8.32. The summed E-state index contributed by atoms with van der Waals surface area (Å²) < 4.78 is 6.64. The Morgan fingerprint density at radius 2 is 1.75 bits per heavy atom. The second kappa shape index (κ2) is 8.85. The van der Waals surface area contributed by atoms with Gasteiger partial charge in [-0.2, -0.15) is 0 Å². The fraction of sp³-hybridized carbons (Fsp3) is 0.536. The molecule has 1 N–H and O–H groups in total. The number of amides is 3. The lowest BCUT2D eigenvalue weighted by atomic mass is 9.77. The molecule has 0 aliphatic carbocycles. The van der Waals surface area contributed by atoms with Crippen LogP contribution in [0.25, 0.3) is 0 Å². The summed E-state index contributed by atoms with van der Waals surface area (Å²) in [5.74, 6) is -2.41. The van der Waals surface area contributed by atoms with Crippen molar-refractivity contribution in [1.82, 2.24) is 9.80 Å². The Bertz CT molecular complexity index is 1140. The fourth-order valence-corrected chi connectivity index (χ4v) is 6.61. The molecular formula is C28H35N3O5. The number of aliphatic hydroxyl groups excluding tert-OH is 1. The average molecular weight is 494 g/mol. The highest BCUT2D eigenvalue weighted by atomic mass is 16.5. The van der Waals surface area contributed by atoms with Crippen molar-refractivity contribution in [3.05, 3.63) is 53.6 Å². The maximum atomic E-state index is 14.5. The van der Waals surface area contributed by atoms with E-state index in [4.69, 9.17) is 4.74 Å². The van der Waals surface area contributed by atoms with Crippen LogP contribution in [0.4, 0.5) is 5.69 Å². The summed E-state index contributed by atoms with van der Waals surface area (Å²) in [7, 11) is 1.72. The van der Waals surface area contributed by atoms with Gasteiger partial charge < -0.3 is 24.5 Å². The van der Waals surface area contributed by atoms with E-state index in [9.17, 15) is 19.5 Å². The van der Waals surface area contributed by atoms with Crippen molar-refractivity contribution in [3.63, 3.8) is 0 Å². The molecule has 0 aromatic heterocycles. The molecule has 8 heteroatoms. The molecule has 8 nitrogen and oxygen atoms in total. The molecule has 0 radical (unpaired) electrons. The quantitative estimate of drug-likeness (QED) is 0.647. The molecular weight excluding hydrogens is 458 g/mol. The van der Waals surface area contributed by atoms with Crippen LogP contribution in [0.3, 0.4) is 0 Å². The molecule has 1 spiro atoms. The van der Waals surface area contributed by atoms with Gasteiger partial charge in [-0.15, -0.1) is 0 Å². The van der Waals surface area contributed by atoms with Crippen LogP contribution in [0.2, 0.25) is 0 Å². The zero-order valence-electron chi connectivity index (χ0n) is 21.5. The maximum absolute atomic E-state index is 14.5. The first-order chi connectivity index (χ1) is 17.1. The minimum absolute atomic E-state index is 0.105. The molecule has 4 heterocycles. The highest BCUT2D eigenvalue weighted by Gasteiger charge is 2.72. The highest BCUT2D eigenvalue weighted by molar-refractivity contribution is 6.06. The van der Waals surface area contributed by atoms with Gasteiger partial charge in [0.05, 0.1) is 30.6 Å². The molecule has 0 saturated carbocycles. The molecule has 4 aliphatic rings. The molecule has 2 saturated heterocycles. The van der Waals surface area contributed by atoms with Gasteiger partial charge in [0, 0.05) is 25.8 Å². The predicted molar refractivity (Wildman–Crippen MR) is 135 cm³/mol. The van der Waals surface area contributed by atoms with E-state index in [-0.39, 0.29) is 30.2 Å². The number of hydrogen-bond donors (Lipinski definition) is 1. The lowest BCUT2D eigenvalue weighted by molar-refractivity contribution is -0.147. The van der Waals surface area contributed by atoms with E-state index in [2.05, 4.69) is 0 Å². The standard InChI is InChI=1S/C28H35N3O5/c1-16(2)19(15-32)31-24-27(35)30(23-17(3)9-6-10-18(23)4)14-8-12-28(24)22(26(31)34)21-20(36-28)11-7-13-29(5)25(21)33/h6-12,16,19-22,24,32H,13-15H2,1-5H3/t19-,20+,21-,22-,24?,28-/m0/s1. The van der Waals surface area contributed by atoms with E-state index >= 15 is 0 Å². The molecule has 3 amide bonds. The van der Waals surface area contributed by atoms with E-state index < -0.39 is 35.6 Å². The molecule has 6 atom stereocenters. The van der Waals surface area contributed by atoms with Crippen LogP contribution in [-0.2, 0) is 19.1 Å². The summed E-state index contributed by atoms with van der Waals surface area (Å²) in [6.07, 6.45) is 6.87. The van der Waals surface area contributed by atoms with Crippen molar-refractivity contribution < 1.29 is 24.2 Å². The average Bonchev–Trinajstić information content (AvgIpc) is 3.15. The number of ether oxygens (including phenoxy) is 1. The lowest BCUT2D eigenvalue weighted by Crippen LogP contribution is -2.59. The summed E-state index contributed by atoms with van der Waals surface area (Å²) in [6.45, 7) is 8.26. The Morgan fingerprint density at radius 3 is 2.39 bits per heavy atom. The first kappa shape index (κ1) is 24.7. The van der Waals surface area contributed by atoms with Gasteiger partial charge in [-0.05, 0) is 30.9 Å². The second-order valence-corrected chi connectivity index (χ2v) is 10.8. The van der Waals surface area contributed by atoms with Gasteiger partial charge in [-0.1, -0.05) is 56.4 Å². The molecule has 5 rings (SSSR count). The van der Waals surface area contributed by atoms with Crippen molar-refractivity contribution in [2.24, 2.45) is 17.8 Å². The third kappa shape index (κ3) is 3.38. The van der Waals surface area contributed by atoms with Crippen molar-refractivity contribution in [2.45, 2.75) is 51.5 Å². The van der Waals surface area contributed by atoms with Crippen LogP contribution >= 0.6 is 0 Å². The molecule has 1 unspecified atom stereocenters. The molecule has 1 aromatic carbocycles. The van der Waals surface area contributed by atoms with Gasteiger partial charge in [0.15, 0.2) is 0 Å². The largest absolute Gasteiger partial charge is 0.394 e. The fourth-order valence-electron chi connectivity index (χ4n) is 6.61. The number of nitrogens with zero attached hydrogens (tertiary/aromatic N) is 3. The van der Waals surface area contributed by atoms with E-state index in [0.29, 0.717) is 13.1 Å². The van der Waals surface area contributed by atoms with Crippen molar-refractivity contribution in [2.75, 3.05) is 31.6 Å². The molecule has 2 fully saturated rings. The summed E-state index contributed by atoms with van der Waals surface area (Å²) in [5, 5.41) is 10.4. The molecule has 0 bridgehead atoms. The Kier molecular flexibility index (Phi) is 6.08. The topological polar surface area (TPSA) is 90.4 Å². The van der Waals surface area contributed by atoms with Crippen LogP contribution in [0, 0.1) is 31.6 Å². The Hall–Kier alpha value is -2.97. The number of benzene rings is 1. The number of carbonyl (C=O) groups excluding carboxylic acids is 3. The first-order valence-corrected chi connectivity index (χ1v) is 12.7. The lowest BCUT2D eigenvalue weighted by Gasteiger charge is -2.40. The normalized spacial score (nSPS) is 32.5. The minimum Gasteiger partial charge on any atom is -0.394 e. The van der Waals surface area contributed by atoms with Crippen LogP contribution in [0.15, 0.2) is 42.5 Å². The van der Waals surface area contributed by atoms with E-state index in [0.717, 1.165) is 16.8 Å². The Morgan fingerprint density at radius 1 is 1.06 bits per heavy atom. The monoisotopic (exact) mass is 493 g/mol. The van der Waals surface area contributed by atoms with Gasteiger partial charge in [-0.25, -0.2) is 0 Å². The maximum Gasteiger partial charge on any atom is 0.253 e. The molecule has 4 aliphatic heterocycles. The number of aryl methyl sites for hydroxylation is 2. The molecule has 192 valence electrons.